The van der Waals surface area contributed by atoms with Gasteiger partial charge in [0.05, 0.1) is 24.8 Å². The summed E-state index contributed by atoms with van der Waals surface area (Å²) in [6.45, 7) is 0.456. The number of rotatable bonds is 3. The van der Waals surface area contributed by atoms with Crippen LogP contribution in [0.15, 0.2) is 36.8 Å². The summed E-state index contributed by atoms with van der Waals surface area (Å²) in [7, 11) is 1.65. The van der Waals surface area contributed by atoms with Crippen molar-refractivity contribution in [2.75, 3.05) is 7.11 Å². The third kappa shape index (κ3) is 1.71. The first-order chi connectivity index (χ1) is 7.36. The lowest BCUT2D eigenvalue weighted by atomic mass is 10.3. The summed E-state index contributed by atoms with van der Waals surface area (Å²) in [4.78, 5) is 4.07. The minimum atomic E-state index is 0.456. The van der Waals surface area contributed by atoms with E-state index in [0.29, 0.717) is 6.54 Å². The van der Waals surface area contributed by atoms with Crippen molar-refractivity contribution in [1.29, 1.82) is 0 Å². The van der Waals surface area contributed by atoms with Crippen molar-refractivity contribution in [1.82, 2.24) is 9.55 Å². The summed E-state index contributed by atoms with van der Waals surface area (Å²) >= 11 is 0. The number of benzene rings is 1. The van der Waals surface area contributed by atoms with Gasteiger partial charge in [-0.15, -0.1) is 0 Å². The largest absolute Gasteiger partial charge is 0.495 e. The monoisotopic (exact) mass is 203 g/mol. The standard InChI is InChI=1S/C11H13N3O/c1-15-11-5-3-2-4-10(11)14-8-13-7-9(14)6-12/h2-5,7-8H,6,12H2,1H3. The van der Waals surface area contributed by atoms with Crippen molar-refractivity contribution >= 4 is 0 Å². The third-order valence-corrected chi connectivity index (χ3v) is 2.27. The Hall–Kier alpha value is -1.81. The molecule has 0 atom stereocenters. The Bertz CT molecular complexity index is 451. The van der Waals surface area contributed by atoms with E-state index in [1.165, 1.54) is 0 Å². The summed E-state index contributed by atoms with van der Waals surface area (Å²) in [5, 5.41) is 0. The summed E-state index contributed by atoms with van der Waals surface area (Å²) in [5.74, 6) is 0.810. The molecule has 1 aromatic heterocycles. The van der Waals surface area contributed by atoms with Gasteiger partial charge in [0.25, 0.3) is 0 Å². The molecule has 0 aliphatic rings. The lowest BCUT2D eigenvalue weighted by molar-refractivity contribution is 0.412. The van der Waals surface area contributed by atoms with Gasteiger partial charge in [0, 0.05) is 12.7 Å². The number of methoxy groups -OCH3 is 1. The molecule has 15 heavy (non-hydrogen) atoms. The number of imidazole rings is 1. The molecular formula is C11H13N3O. The molecule has 0 spiro atoms. The van der Waals surface area contributed by atoms with E-state index in [1.54, 1.807) is 19.6 Å². The van der Waals surface area contributed by atoms with Crippen LogP contribution in [0.5, 0.6) is 5.75 Å². The molecule has 0 radical (unpaired) electrons. The van der Waals surface area contributed by atoms with E-state index in [-0.39, 0.29) is 0 Å². The Morgan fingerprint density at radius 2 is 2.20 bits per heavy atom. The van der Waals surface area contributed by atoms with Gasteiger partial charge in [0.2, 0.25) is 0 Å². The number of para-hydroxylation sites is 2. The zero-order valence-corrected chi connectivity index (χ0v) is 8.55. The van der Waals surface area contributed by atoms with Crippen molar-refractivity contribution in [3.05, 3.63) is 42.5 Å². The van der Waals surface area contributed by atoms with Crippen LogP contribution in [-0.4, -0.2) is 16.7 Å². The van der Waals surface area contributed by atoms with Gasteiger partial charge < -0.3 is 10.5 Å². The first-order valence-corrected chi connectivity index (χ1v) is 4.71. The molecular weight excluding hydrogens is 190 g/mol. The van der Waals surface area contributed by atoms with Crippen LogP contribution in [0.1, 0.15) is 5.69 Å². The van der Waals surface area contributed by atoms with E-state index in [0.717, 1.165) is 17.1 Å². The number of hydrogen-bond donors (Lipinski definition) is 1. The highest BCUT2D eigenvalue weighted by Gasteiger charge is 2.07. The van der Waals surface area contributed by atoms with E-state index >= 15 is 0 Å². The molecule has 0 saturated heterocycles. The van der Waals surface area contributed by atoms with Crippen molar-refractivity contribution in [2.24, 2.45) is 5.73 Å². The second-order valence-electron chi connectivity index (χ2n) is 3.13. The molecule has 2 rings (SSSR count). The number of aromatic nitrogens is 2. The molecule has 0 aliphatic heterocycles. The van der Waals surface area contributed by atoms with Crippen LogP contribution < -0.4 is 10.5 Å². The van der Waals surface area contributed by atoms with Crippen LogP contribution in [0.25, 0.3) is 5.69 Å². The molecule has 2 N–H and O–H groups in total. The molecule has 0 aliphatic carbocycles. The van der Waals surface area contributed by atoms with Gasteiger partial charge in [-0.2, -0.15) is 0 Å². The van der Waals surface area contributed by atoms with Crippen LogP contribution in [-0.2, 0) is 6.54 Å². The molecule has 0 saturated carbocycles. The first-order valence-electron chi connectivity index (χ1n) is 4.71. The van der Waals surface area contributed by atoms with Crippen molar-refractivity contribution < 1.29 is 4.74 Å². The Balaban J connectivity index is 2.53. The van der Waals surface area contributed by atoms with Crippen LogP contribution in [0.3, 0.4) is 0 Å². The van der Waals surface area contributed by atoms with Gasteiger partial charge in [-0.25, -0.2) is 4.98 Å². The highest BCUT2D eigenvalue weighted by atomic mass is 16.5. The fraction of sp³-hybridized carbons (Fsp3) is 0.182. The number of nitrogens with two attached hydrogens (primary N) is 1. The van der Waals surface area contributed by atoms with Crippen LogP contribution in [0, 0.1) is 0 Å². The molecule has 78 valence electrons. The van der Waals surface area contributed by atoms with Gasteiger partial charge in [0.1, 0.15) is 5.75 Å². The fourth-order valence-electron chi connectivity index (χ4n) is 1.52. The zero-order chi connectivity index (χ0) is 10.7. The van der Waals surface area contributed by atoms with Gasteiger partial charge in [0.15, 0.2) is 0 Å². The van der Waals surface area contributed by atoms with E-state index in [2.05, 4.69) is 4.98 Å². The molecule has 0 unspecified atom stereocenters. The summed E-state index contributed by atoms with van der Waals surface area (Å²) in [5.41, 5.74) is 7.54. The Labute approximate surface area is 88.3 Å². The average molecular weight is 203 g/mol. The maximum atomic E-state index is 5.62. The quantitative estimate of drug-likeness (QED) is 0.819. The highest BCUT2D eigenvalue weighted by molar-refractivity contribution is 5.47. The fourth-order valence-corrected chi connectivity index (χ4v) is 1.52. The van der Waals surface area contributed by atoms with Crippen molar-refractivity contribution in [2.45, 2.75) is 6.54 Å². The Morgan fingerprint density at radius 1 is 1.40 bits per heavy atom. The highest BCUT2D eigenvalue weighted by Crippen LogP contribution is 2.22. The average Bonchev–Trinajstić information content (AvgIpc) is 2.76. The van der Waals surface area contributed by atoms with E-state index in [4.69, 9.17) is 10.5 Å². The van der Waals surface area contributed by atoms with Crippen LogP contribution in [0.4, 0.5) is 0 Å². The maximum absolute atomic E-state index is 5.62. The zero-order valence-electron chi connectivity index (χ0n) is 8.55. The Morgan fingerprint density at radius 3 is 2.93 bits per heavy atom. The molecule has 4 nitrogen and oxygen atoms in total. The van der Waals surface area contributed by atoms with Crippen molar-refractivity contribution in [3.63, 3.8) is 0 Å². The minimum absolute atomic E-state index is 0.456. The van der Waals surface area contributed by atoms with E-state index in [1.807, 2.05) is 28.8 Å². The molecule has 4 heteroatoms. The van der Waals surface area contributed by atoms with Gasteiger partial charge in [-0.1, -0.05) is 12.1 Å². The smallest absolute Gasteiger partial charge is 0.142 e. The lowest BCUT2D eigenvalue weighted by Gasteiger charge is -2.10. The van der Waals surface area contributed by atoms with Gasteiger partial charge in [-0.3, -0.25) is 4.57 Å². The normalized spacial score (nSPS) is 10.3. The molecule has 1 aromatic carbocycles. The lowest BCUT2D eigenvalue weighted by Crippen LogP contribution is -2.05. The summed E-state index contributed by atoms with van der Waals surface area (Å²) in [6, 6.07) is 7.77. The summed E-state index contributed by atoms with van der Waals surface area (Å²) < 4.78 is 7.21. The molecule has 0 fully saturated rings. The maximum Gasteiger partial charge on any atom is 0.142 e. The molecule has 1 heterocycles. The molecule has 0 bridgehead atoms. The predicted octanol–water partition coefficient (Wildman–Crippen LogP) is 1.34. The Kier molecular flexibility index (Phi) is 2.69. The topological polar surface area (TPSA) is 53.1 Å². The molecule has 0 amide bonds. The van der Waals surface area contributed by atoms with Gasteiger partial charge >= 0.3 is 0 Å². The predicted molar refractivity (Wildman–Crippen MR) is 58.0 cm³/mol. The number of hydrogen-bond acceptors (Lipinski definition) is 3. The molecule has 2 aromatic rings. The second-order valence-corrected chi connectivity index (χ2v) is 3.13. The van der Waals surface area contributed by atoms with Crippen LogP contribution in [0.2, 0.25) is 0 Å². The van der Waals surface area contributed by atoms with Crippen molar-refractivity contribution in [3.8, 4) is 11.4 Å². The van der Waals surface area contributed by atoms with E-state index < -0.39 is 0 Å². The summed E-state index contributed by atoms with van der Waals surface area (Å²) in [6.07, 6.45) is 3.49. The third-order valence-electron chi connectivity index (χ3n) is 2.27. The second kappa shape index (κ2) is 4.14. The SMILES string of the molecule is COc1ccccc1-n1cncc1CN. The van der Waals surface area contributed by atoms with Crippen LogP contribution >= 0.6 is 0 Å². The number of ether oxygens (including phenoxy) is 1. The number of nitrogens with zero attached hydrogens (tertiary/aromatic N) is 2. The first kappa shape index (κ1) is 9.73. The van der Waals surface area contributed by atoms with E-state index in [9.17, 15) is 0 Å². The van der Waals surface area contributed by atoms with Gasteiger partial charge in [-0.05, 0) is 12.1 Å². The minimum Gasteiger partial charge on any atom is -0.495 e.